The van der Waals surface area contributed by atoms with Crippen LogP contribution in [-0.2, 0) is 30.3 Å². The topological polar surface area (TPSA) is 89.5 Å². The molecule has 1 amide bonds. The molecule has 1 aliphatic carbocycles. The van der Waals surface area contributed by atoms with Crippen LogP contribution < -0.4 is 5.43 Å². The number of aliphatic hydroxyl groups is 1. The van der Waals surface area contributed by atoms with E-state index < -0.39 is 29.7 Å². The number of nitrogens with one attached hydrogen (secondary N) is 1. The van der Waals surface area contributed by atoms with E-state index in [9.17, 15) is 9.90 Å². The summed E-state index contributed by atoms with van der Waals surface area (Å²) >= 11 is 0. The first-order valence-electron chi connectivity index (χ1n) is 10.6. The highest BCUT2D eigenvalue weighted by Gasteiger charge is 2.57. The van der Waals surface area contributed by atoms with Crippen molar-refractivity contribution in [3.8, 4) is 0 Å². The summed E-state index contributed by atoms with van der Waals surface area (Å²) in [6.07, 6.45) is -1.28. The molecule has 0 spiro atoms. The van der Waals surface area contributed by atoms with Gasteiger partial charge in [-0.3, -0.25) is 10.2 Å². The van der Waals surface area contributed by atoms with Crippen LogP contribution in [-0.4, -0.2) is 72.0 Å². The Kier molecular flexibility index (Phi) is 6.16. The van der Waals surface area contributed by atoms with Crippen molar-refractivity contribution in [1.29, 1.82) is 0 Å². The summed E-state index contributed by atoms with van der Waals surface area (Å²) in [4.78, 5) is 13.4. The molecule has 3 aliphatic rings. The Morgan fingerprint density at radius 2 is 2.03 bits per heavy atom. The lowest BCUT2D eigenvalue weighted by Crippen LogP contribution is -2.62. The third kappa shape index (κ3) is 4.69. The number of carbonyl (C=O) groups excluding carboxylic acids is 1. The third-order valence-electron chi connectivity index (χ3n) is 5.95. The van der Waals surface area contributed by atoms with Crippen LogP contribution in [0, 0.1) is 6.92 Å². The number of ether oxygens (including phenoxy) is 4. The zero-order chi connectivity index (χ0) is 21.4. The number of morpholine rings is 1. The highest BCUT2D eigenvalue weighted by molar-refractivity contribution is 5.85. The van der Waals surface area contributed by atoms with Gasteiger partial charge >= 0.3 is 0 Å². The van der Waals surface area contributed by atoms with E-state index in [0.29, 0.717) is 32.7 Å². The number of nitrogens with zero attached hydrogens (tertiary/aromatic N) is 1. The lowest BCUT2D eigenvalue weighted by Gasteiger charge is -2.43. The predicted octanol–water partition coefficient (Wildman–Crippen LogP) is 1.29. The highest BCUT2D eigenvalue weighted by atomic mass is 16.8. The van der Waals surface area contributed by atoms with Gasteiger partial charge in [0.1, 0.15) is 6.10 Å². The van der Waals surface area contributed by atoms with Crippen LogP contribution in [0.25, 0.3) is 0 Å². The van der Waals surface area contributed by atoms with Gasteiger partial charge in [0.05, 0.1) is 32.0 Å². The summed E-state index contributed by atoms with van der Waals surface area (Å²) in [7, 11) is 0. The second kappa shape index (κ2) is 8.53. The summed E-state index contributed by atoms with van der Waals surface area (Å²) in [5.74, 6) is -1.06. The van der Waals surface area contributed by atoms with Crippen molar-refractivity contribution in [1.82, 2.24) is 10.4 Å². The molecular weight excluding hydrogens is 388 g/mol. The number of aryl methyl sites for hydroxylation is 1. The molecule has 2 aliphatic heterocycles. The first-order valence-corrected chi connectivity index (χ1v) is 10.6. The summed E-state index contributed by atoms with van der Waals surface area (Å²) < 4.78 is 23.6. The summed E-state index contributed by atoms with van der Waals surface area (Å²) in [6, 6.07) is 8.00. The molecule has 1 aromatic carbocycles. The standard InChI is InChI=1S/C22H32N2O6/c1-15-5-4-6-16(11-15)14-28-22(20(26)23-24-7-9-27-10-8-24)12-17(25)19-18(13-22)29-21(2,3)30-19/h4-6,11,17-19,25H,7-10,12-14H2,1-3H3,(H,23,26)/t17-,18-,19+,22-/m1/s1. The van der Waals surface area contributed by atoms with Crippen molar-refractivity contribution in [2.75, 3.05) is 26.3 Å². The zero-order valence-corrected chi connectivity index (χ0v) is 17.9. The number of aliphatic hydroxyl groups excluding tert-OH is 1. The van der Waals surface area contributed by atoms with Crippen molar-refractivity contribution < 1.29 is 28.8 Å². The largest absolute Gasteiger partial charge is 0.390 e. The molecule has 0 radical (unpaired) electrons. The molecule has 0 unspecified atom stereocenters. The van der Waals surface area contributed by atoms with Gasteiger partial charge in [0.15, 0.2) is 11.4 Å². The average molecular weight is 421 g/mol. The van der Waals surface area contributed by atoms with E-state index in [2.05, 4.69) is 5.43 Å². The van der Waals surface area contributed by atoms with Crippen LogP contribution in [0.15, 0.2) is 24.3 Å². The number of fused-ring (bicyclic) bond motifs is 1. The van der Waals surface area contributed by atoms with E-state index in [1.807, 2.05) is 50.0 Å². The first kappa shape index (κ1) is 21.7. The molecule has 2 heterocycles. The first-order chi connectivity index (χ1) is 14.3. The molecule has 4 atom stereocenters. The molecule has 2 N–H and O–H groups in total. The van der Waals surface area contributed by atoms with Crippen LogP contribution in [0.3, 0.4) is 0 Å². The molecule has 1 saturated carbocycles. The molecule has 30 heavy (non-hydrogen) atoms. The SMILES string of the molecule is Cc1cccc(CO[C@]2(C(=O)NN3CCOCC3)C[C@@H](O)[C@@H]3OC(C)(C)O[C@@H]3C2)c1. The quantitative estimate of drug-likeness (QED) is 0.742. The lowest BCUT2D eigenvalue weighted by molar-refractivity contribution is -0.180. The number of rotatable bonds is 5. The van der Waals surface area contributed by atoms with E-state index >= 15 is 0 Å². The Hall–Kier alpha value is -1.55. The Bertz CT molecular complexity index is 766. The molecule has 2 saturated heterocycles. The van der Waals surface area contributed by atoms with Crippen molar-refractivity contribution >= 4 is 5.91 Å². The van der Waals surface area contributed by atoms with Gasteiger partial charge in [-0.1, -0.05) is 29.8 Å². The van der Waals surface area contributed by atoms with Crippen LogP contribution in [0.1, 0.15) is 37.8 Å². The summed E-state index contributed by atoms with van der Waals surface area (Å²) in [6.45, 7) is 8.29. The van der Waals surface area contributed by atoms with Gasteiger partial charge in [0, 0.05) is 25.9 Å². The fourth-order valence-corrected chi connectivity index (χ4v) is 4.52. The van der Waals surface area contributed by atoms with Gasteiger partial charge < -0.3 is 24.1 Å². The number of hydrazine groups is 1. The van der Waals surface area contributed by atoms with E-state index in [-0.39, 0.29) is 18.9 Å². The maximum absolute atomic E-state index is 13.4. The fraction of sp³-hybridized carbons (Fsp3) is 0.682. The molecule has 4 rings (SSSR count). The smallest absolute Gasteiger partial charge is 0.266 e. The number of amides is 1. The molecule has 166 valence electrons. The summed E-state index contributed by atoms with van der Waals surface area (Å²) in [5, 5.41) is 12.7. The average Bonchev–Trinajstić information content (AvgIpc) is 3.02. The number of carbonyl (C=O) groups is 1. The van der Waals surface area contributed by atoms with Crippen molar-refractivity contribution in [3.63, 3.8) is 0 Å². The van der Waals surface area contributed by atoms with E-state index in [1.165, 1.54) is 0 Å². The molecule has 1 aromatic rings. The van der Waals surface area contributed by atoms with E-state index in [0.717, 1.165) is 11.1 Å². The summed E-state index contributed by atoms with van der Waals surface area (Å²) in [5.41, 5.74) is 3.87. The number of hydrogen-bond acceptors (Lipinski definition) is 7. The Morgan fingerprint density at radius 1 is 1.27 bits per heavy atom. The number of hydrogen-bond donors (Lipinski definition) is 2. The van der Waals surface area contributed by atoms with Gasteiger partial charge in [-0.25, -0.2) is 5.01 Å². The predicted molar refractivity (Wildman–Crippen MR) is 108 cm³/mol. The zero-order valence-electron chi connectivity index (χ0n) is 17.9. The fourth-order valence-electron chi connectivity index (χ4n) is 4.52. The minimum absolute atomic E-state index is 0.148. The molecule has 8 heteroatoms. The highest BCUT2D eigenvalue weighted by Crippen LogP contribution is 2.43. The Morgan fingerprint density at radius 3 is 2.77 bits per heavy atom. The molecular formula is C22H32N2O6. The molecule has 3 fully saturated rings. The van der Waals surface area contributed by atoms with Gasteiger partial charge in [-0.15, -0.1) is 0 Å². The molecule has 0 bridgehead atoms. The van der Waals surface area contributed by atoms with Crippen LogP contribution in [0.2, 0.25) is 0 Å². The van der Waals surface area contributed by atoms with Gasteiger partial charge in [-0.2, -0.15) is 0 Å². The Labute approximate surface area is 177 Å². The lowest BCUT2D eigenvalue weighted by atomic mass is 9.79. The van der Waals surface area contributed by atoms with Crippen LogP contribution in [0.5, 0.6) is 0 Å². The number of benzene rings is 1. The van der Waals surface area contributed by atoms with Crippen LogP contribution in [0.4, 0.5) is 0 Å². The van der Waals surface area contributed by atoms with Crippen molar-refractivity contribution in [2.24, 2.45) is 0 Å². The monoisotopic (exact) mass is 420 g/mol. The van der Waals surface area contributed by atoms with Crippen LogP contribution >= 0.6 is 0 Å². The van der Waals surface area contributed by atoms with Crippen molar-refractivity contribution in [2.45, 2.75) is 69.9 Å². The van der Waals surface area contributed by atoms with Gasteiger partial charge in [0.25, 0.3) is 5.91 Å². The molecule has 8 nitrogen and oxygen atoms in total. The minimum Gasteiger partial charge on any atom is -0.390 e. The maximum atomic E-state index is 13.4. The normalized spacial score (nSPS) is 33.8. The minimum atomic E-state index is -1.22. The van der Waals surface area contributed by atoms with Crippen molar-refractivity contribution in [3.05, 3.63) is 35.4 Å². The maximum Gasteiger partial charge on any atom is 0.266 e. The Balaban J connectivity index is 1.55. The van der Waals surface area contributed by atoms with Gasteiger partial charge in [-0.05, 0) is 26.3 Å². The third-order valence-corrected chi connectivity index (χ3v) is 5.95. The van der Waals surface area contributed by atoms with E-state index in [4.69, 9.17) is 18.9 Å². The second-order valence-electron chi connectivity index (χ2n) is 8.93. The van der Waals surface area contributed by atoms with E-state index in [1.54, 1.807) is 0 Å². The van der Waals surface area contributed by atoms with Gasteiger partial charge in [0.2, 0.25) is 0 Å². The second-order valence-corrected chi connectivity index (χ2v) is 8.93. The molecule has 0 aromatic heterocycles.